The molecule has 0 radical (unpaired) electrons. The Kier molecular flexibility index (Phi) is 7.43. The molecule has 0 saturated carbocycles. The number of nitrogens with one attached hydrogen (secondary N) is 1. The number of nitrogens with zero attached hydrogens (tertiary/aromatic N) is 2. The highest BCUT2D eigenvalue weighted by Gasteiger charge is 2.19. The average molecular weight is 384 g/mol. The molecule has 1 N–H and O–H groups in total. The summed E-state index contributed by atoms with van der Waals surface area (Å²) in [4.78, 5) is 14.3. The molecule has 2 rings (SSSR count). The predicted molar refractivity (Wildman–Crippen MR) is 103 cm³/mol. The van der Waals surface area contributed by atoms with Gasteiger partial charge in [0.05, 0.1) is 25.2 Å². The molecule has 1 saturated heterocycles. The number of morpholine rings is 1. The van der Waals surface area contributed by atoms with Crippen LogP contribution < -0.4 is 9.62 Å². The summed E-state index contributed by atoms with van der Waals surface area (Å²) >= 11 is 0. The summed E-state index contributed by atoms with van der Waals surface area (Å²) in [6.07, 6.45) is 1.30. The Morgan fingerprint density at radius 3 is 2.38 bits per heavy atom. The largest absolute Gasteiger partial charge is 0.379 e. The van der Waals surface area contributed by atoms with E-state index >= 15 is 0 Å². The fraction of sp³-hybridized carbons (Fsp3) is 0.611. The second-order valence-electron chi connectivity index (χ2n) is 6.74. The third kappa shape index (κ3) is 6.59. The van der Waals surface area contributed by atoms with Crippen molar-refractivity contribution in [1.82, 2.24) is 10.2 Å². The first-order chi connectivity index (χ1) is 12.3. The topological polar surface area (TPSA) is 79.0 Å². The zero-order valence-electron chi connectivity index (χ0n) is 15.8. The SMILES string of the molecule is Cc1cc(C)cc(N(CCC(=O)NCCN2CCOCC2)S(C)(=O)=O)c1. The fourth-order valence-electron chi connectivity index (χ4n) is 3.05. The van der Waals surface area contributed by atoms with Crippen LogP contribution in [0.3, 0.4) is 0 Å². The molecule has 0 bridgehead atoms. The standard InChI is InChI=1S/C18H29N3O4S/c1-15-12-16(2)14-17(13-15)21(26(3,23)24)6-4-18(22)19-5-7-20-8-10-25-11-9-20/h12-14H,4-11H2,1-3H3,(H,19,22). The molecule has 1 heterocycles. The van der Waals surface area contributed by atoms with Gasteiger partial charge in [-0.1, -0.05) is 6.07 Å². The van der Waals surface area contributed by atoms with Crippen molar-refractivity contribution in [2.24, 2.45) is 0 Å². The van der Waals surface area contributed by atoms with Crippen molar-refractivity contribution in [3.05, 3.63) is 29.3 Å². The Labute approximate surface area is 156 Å². The van der Waals surface area contributed by atoms with E-state index in [-0.39, 0.29) is 18.9 Å². The normalized spacial score (nSPS) is 15.7. The van der Waals surface area contributed by atoms with Crippen LogP contribution in [0.2, 0.25) is 0 Å². The van der Waals surface area contributed by atoms with Crippen LogP contribution in [0.15, 0.2) is 18.2 Å². The highest BCUT2D eigenvalue weighted by atomic mass is 32.2. The lowest BCUT2D eigenvalue weighted by molar-refractivity contribution is -0.120. The van der Waals surface area contributed by atoms with E-state index in [1.807, 2.05) is 32.0 Å². The zero-order valence-corrected chi connectivity index (χ0v) is 16.6. The molecule has 7 nitrogen and oxygen atoms in total. The quantitative estimate of drug-likeness (QED) is 0.722. The summed E-state index contributed by atoms with van der Waals surface area (Å²) in [6, 6.07) is 5.64. The summed E-state index contributed by atoms with van der Waals surface area (Å²) in [5.41, 5.74) is 2.58. The van der Waals surface area contributed by atoms with Crippen molar-refractivity contribution in [2.45, 2.75) is 20.3 Å². The molecular weight excluding hydrogens is 354 g/mol. The molecule has 8 heteroatoms. The van der Waals surface area contributed by atoms with Crippen molar-refractivity contribution in [3.8, 4) is 0 Å². The summed E-state index contributed by atoms with van der Waals surface area (Å²) in [5.74, 6) is -0.142. The van der Waals surface area contributed by atoms with E-state index < -0.39 is 10.0 Å². The maximum absolute atomic E-state index is 12.2. The van der Waals surface area contributed by atoms with Crippen LogP contribution in [-0.4, -0.2) is 71.4 Å². The number of carbonyl (C=O) groups is 1. The number of benzene rings is 1. The van der Waals surface area contributed by atoms with Crippen molar-refractivity contribution in [2.75, 3.05) is 56.5 Å². The Morgan fingerprint density at radius 1 is 1.19 bits per heavy atom. The third-order valence-corrected chi connectivity index (χ3v) is 5.48. The first-order valence-electron chi connectivity index (χ1n) is 8.88. The number of carbonyl (C=O) groups excluding carboxylic acids is 1. The van der Waals surface area contributed by atoms with Crippen LogP contribution in [0, 0.1) is 13.8 Å². The van der Waals surface area contributed by atoms with Gasteiger partial charge in [0.1, 0.15) is 0 Å². The third-order valence-electron chi connectivity index (χ3n) is 4.29. The molecule has 0 atom stereocenters. The number of anilines is 1. The molecule has 0 aliphatic carbocycles. The van der Waals surface area contributed by atoms with Gasteiger partial charge in [-0.3, -0.25) is 14.0 Å². The average Bonchev–Trinajstić information content (AvgIpc) is 2.54. The minimum atomic E-state index is -3.45. The molecule has 1 aliphatic heterocycles. The Morgan fingerprint density at radius 2 is 1.81 bits per heavy atom. The summed E-state index contributed by atoms with van der Waals surface area (Å²) in [7, 11) is -3.45. The van der Waals surface area contributed by atoms with E-state index in [1.54, 1.807) is 0 Å². The molecule has 1 fully saturated rings. The number of rotatable bonds is 8. The molecule has 0 aromatic heterocycles. The van der Waals surface area contributed by atoms with E-state index in [9.17, 15) is 13.2 Å². The van der Waals surface area contributed by atoms with Crippen LogP contribution in [-0.2, 0) is 19.6 Å². The predicted octanol–water partition coefficient (Wildman–Crippen LogP) is 0.908. The van der Waals surface area contributed by atoms with E-state index in [1.165, 1.54) is 10.6 Å². The number of ether oxygens (including phenoxy) is 1. The van der Waals surface area contributed by atoms with Crippen molar-refractivity contribution >= 4 is 21.6 Å². The molecule has 0 spiro atoms. The van der Waals surface area contributed by atoms with Crippen molar-refractivity contribution in [3.63, 3.8) is 0 Å². The summed E-state index contributed by atoms with van der Waals surface area (Å²) in [6.45, 7) is 8.54. The zero-order chi connectivity index (χ0) is 19.2. The Bertz CT molecular complexity index is 695. The number of aryl methyl sites for hydroxylation is 2. The molecule has 0 unspecified atom stereocenters. The smallest absolute Gasteiger partial charge is 0.232 e. The fourth-order valence-corrected chi connectivity index (χ4v) is 3.96. The number of hydrogen-bond donors (Lipinski definition) is 1. The van der Waals surface area contributed by atoms with Crippen LogP contribution in [0.4, 0.5) is 5.69 Å². The van der Waals surface area contributed by atoms with Crippen LogP contribution >= 0.6 is 0 Å². The minimum Gasteiger partial charge on any atom is -0.379 e. The van der Waals surface area contributed by atoms with Gasteiger partial charge in [0, 0.05) is 39.1 Å². The van der Waals surface area contributed by atoms with Crippen LogP contribution in [0.5, 0.6) is 0 Å². The molecule has 1 aliphatic rings. The molecule has 146 valence electrons. The van der Waals surface area contributed by atoms with E-state index in [2.05, 4.69) is 10.2 Å². The Hall–Kier alpha value is -1.64. The van der Waals surface area contributed by atoms with Gasteiger partial charge in [-0.15, -0.1) is 0 Å². The van der Waals surface area contributed by atoms with Gasteiger partial charge in [0.15, 0.2) is 0 Å². The molecule has 1 aromatic carbocycles. The monoisotopic (exact) mass is 383 g/mol. The lowest BCUT2D eigenvalue weighted by Crippen LogP contribution is -2.42. The van der Waals surface area contributed by atoms with Crippen LogP contribution in [0.25, 0.3) is 0 Å². The van der Waals surface area contributed by atoms with Gasteiger partial charge >= 0.3 is 0 Å². The Balaban J connectivity index is 1.87. The van der Waals surface area contributed by atoms with Gasteiger partial charge in [0.25, 0.3) is 0 Å². The maximum Gasteiger partial charge on any atom is 0.232 e. The van der Waals surface area contributed by atoms with Gasteiger partial charge in [0.2, 0.25) is 15.9 Å². The van der Waals surface area contributed by atoms with Gasteiger partial charge in [-0.2, -0.15) is 0 Å². The first kappa shape index (κ1) is 20.7. The van der Waals surface area contributed by atoms with Gasteiger partial charge < -0.3 is 10.1 Å². The van der Waals surface area contributed by atoms with E-state index in [0.717, 1.165) is 44.0 Å². The van der Waals surface area contributed by atoms with Crippen molar-refractivity contribution in [1.29, 1.82) is 0 Å². The first-order valence-corrected chi connectivity index (χ1v) is 10.7. The second-order valence-corrected chi connectivity index (χ2v) is 8.64. The van der Waals surface area contributed by atoms with Crippen molar-refractivity contribution < 1.29 is 17.9 Å². The summed E-state index contributed by atoms with van der Waals surface area (Å²) in [5, 5.41) is 2.87. The van der Waals surface area contributed by atoms with E-state index in [0.29, 0.717) is 12.2 Å². The van der Waals surface area contributed by atoms with E-state index in [4.69, 9.17) is 4.74 Å². The van der Waals surface area contributed by atoms with Crippen LogP contribution in [0.1, 0.15) is 17.5 Å². The number of hydrogen-bond acceptors (Lipinski definition) is 5. The second kappa shape index (κ2) is 9.34. The molecule has 26 heavy (non-hydrogen) atoms. The highest BCUT2D eigenvalue weighted by molar-refractivity contribution is 7.92. The maximum atomic E-state index is 12.2. The molecule has 1 aromatic rings. The molecule has 1 amide bonds. The lowest BCUT2D eigenvalue weighted by Gasteiger charge is -2.26. The van der Waals surface area contributed by atoms with Gasteiger partial charge in [-0.05, 0) is 37.1 Å². The number of amides is 1. The lowest BCUT2D eigenvalue weighted by atomic mass is 10.1. The minimum absolute atomic E-state index is 0.128. The van der Waals surface area contributed by atoms with Gasteiger partial charge in [-0.25, -0.2) is 8.42 Å². The summed E-state index contributed by atoms with van der Waals surface area (Å²) < 4.78 is 30.9. The highest BCUT2D eigenvalue weighted by Crippen LogP contribution is 2.21. The molecular formula is C18H29N3O4S. The number of sulfonamides is 1.